The molecule has 1 aromatic carbocycles. The van der Waals surface area contributed by atoms with Crippen LogP contribution < -0.4 is 5.73 Å². The highest BCUT2D eigenvalue weighted by Gasteiger charge is 2.34. The summed E-state index contributed by atoms with van der Waals surface area (Å²) in [5.41, 5.74) is 7.61. The maximum absolute atomic E-state index is 13.2. The van der Waals surface area contributed by atoms with E-state index in [4.69, 9.17) is 27.4 Å². The van der Waals surface area contributed by atoms with Crippen molar-refractivity contribution < 1.29 is 14.6 Å². The van der Waals surface area contributed by atoms with Crippen LogP contribution in [0.4, 0.5) is 4.39 Å². The predicted molar refractivity (Wildman–Crippen MR) is 103 cm³/mol. The fourth-order valence-corrected chi connectivity index (χ4v) is 3.47. The quantitative estimate of drug-likeness (QED) is 0.736. The van der Waals surface area contributed by atoms with Crippen LogP contribution in [0.1, 0.15) is 43.9 Å². The van der Waals surface area contributed by atoms with Gasteiger partial charge in [-0.25, -0.2) is 4.39 Å². The van der Waals surface area contributed by atoms with E-state index in [9.17, 15) is 9.50 Å². The Kier molecular flexibility index (Phi) is 6.74. The van der Waals surface area contributed by atoms with Gasteiger partial charge in [-0.05, 0) is 62.9 Å². The Labute approximate surface area is 158 Å². The van der Waals surface area contributed by atoms with Crippen LogP contribution in [0.2, 0.25) is 5.02 Å². The van der Waals surface area contributed by atoms with Gasteiger partial charge in [0.15, 0.2) is 0 Å². The molecule has 2 aromatic rings. The summed E-state index contributed by atoms with van der Waals surface area (Å²) in [7, 11) is 1.00. The third-order valence-electron chi connectivity index (χ3n) is 4.58. The molecule has 6 heteroatoms. The standard InChI is InChI=1S/C19H22ClFN2O.CH4O/c1-19(2,24)15-9-16(14(10-22)11-3-4-11)23-18(17(15)20)12-5-7-13(21)8-6-12;1-2/h5-9,11,14,24H,3-4,10,22H2,1-2H3;2H,1H3. The molecule has 0 bridgehead atoms. The fourth-order valence-electron chi connectivity index (χ4n) is 3.04. The first kappa shape index (κ1) is 20.8. The summed E-state index contributed by atoms with van der Waals surface area (Å²) < 4.78 is 13.2. The average Bonchev–Trinajstić information content (AvgIpc) is 3.43. The second-order valence-electron chi connectivity index (χ2n) is 7.00. The highest BCUT2D eigenvalue weighted by molar-refractivity contribution is 6.34. The average molecular weight is 381 g/mol. The van der Waals surface area contributed by atoms with Crippen molar-refractivity contribution in [3.8, 4) is 11.3 Å². The number of hydrogen-bond donors (Lipinski definition) is 3. The van der Waals surface area contributed by atoms with Crippen molar-refractivity contribution in [2.24, 2.45) is 11.7 Å². The van der Waals surface area contributed by atoms with Crippen LogP contribution >= 0.6 is 11.6 Å². The van der Waals surface area contributed by atoms with Crippen molar-refractivity contribution in [1.82, 2.24) is 4.98 Å². The third kappa shape index (κ3) is 4.60. The van der Waals surface area contributed by atoms with E-state index in [0.29, 0.717) is 28.7 Å². The van der Waals surface area contributed by atoms with Crippen LogP contribution in [-0.4, -0.2) is 28.9 Å². The van der Waals surface area contributed by atoms with Gasteiger partial charge in [-0.3, -0.25) is 4.98 Å². The van der Waals surface area contributed by atoms with E-state index in [1.165, 1.54) is 12.1 Å². The zero-order valence-corrected chi connectivity index (χ0v) is 16.1. The van der Waals surface area contributed by atoms with E-state index in [1.807, 2.05) is 6.07 Å². The van der Waals surface area contributed by atoms with Crippen LogP contribution in [0.25, 0.3) is 11.3 Å². The predicted octanol–water partition coefficient (Wildman–Crippen LogP) is 3.83. The minimum atomic E-state index is -1.10. The molecule has 4 N–H and O–H groups in total. The zero-order chi connectivity index (χ0) is 19.5. The van der Waals surface area contributed by atoms with Crippen molar-refractivity contribution in [1.29, 1.82) is 0 Å². The van der Waals surface area contributed by atoms with E-state index < -0.39 is 5.60 Å². The lowest BCUT2D eigenvalue weighted by Crippen LogP contribution is -2.21. The Hall–Kier alpha value is -1.53. The number of aliphatic hydroxyl groups excluding tert-OH is 1. The normalized spacial score (nSPS) is 15.2. The topological polar surface area (TPSA) is 79.4 Å². The Balaban J connectivity index is 0.00000117. The molecule has 1 unspecified atom stereocenters. The Morgan fingerprint density at radius 1 is 1.27 bits per heavy atom. The van der Waals surface area contributed by atoms with Gasteiger partial charge in [0.1, 0.15) is 5.82 Å². The molecule has 1 aliphatic carbocycles. The van der Waals surface area contributed by atoms with Crippen LogP contribution in [0.5, 0.6) is 0 Å². The van der Waals surface area contributed by atoms with Crippen LogP contribution in [-0.2, 0) is 5.60 Å². The van der Waals surface area contributed by atoms with Gasteiger partial charge in [0.05, 0.1) is 16.3 Å². The first-order valence-electron chi connectivity index (χ1n) is 8.65. The minimum Gasteiger partial charge on any atom is -0.400 e. The molecule has 4 nitrogen and oxygen atoms in total. The van der Waals surface area contributed by atoms with Gasteiger partial charge in [0, 0.05) is 36.4 Å². The summed E-state index contributed by atoms with van der Waals surface area (Å²) in [5, 5.41) is 17.9. The van der Waals surface area contributed by atoms with Gasteiger partial charge >= 0.3 is 0 Å². The molecule has 1 aliphatic rings. The SMILES string of the molecule is CC(C)(O)c1cc(C(CN)C2CC2)nc(-c2ccc(F)cc2)c1Cl.CO. The van der Waals surface area contributed by atoms with Gasteiger partial charge in [0.25, 0.3) is 0 Å². The first-order valence-corrected chi connectivity index (χ1v) is 9.03. The van der Waals surface area contributed by atoms with Gasteiger partial charge in [-0.2, -0.15) is 0 Å². The summed E-state index contributed by atoms with van der Waals surface area (Å²) in [6, 6.07) is 7.92. The lowest BCUT2D eigenvalue weighted by molar-refractivity contribution is 0.0785. The monoisotopic (exact) mass is 380 g/mol. The summed E-state index contributed by atoms with van der Waals surface area (Å²) in [6.07, 6.45) is 2.30. The molecule has 0 spiro atoms. The molecular formula is C20H26ClFN2O2. The Bertz CT molecular complexity index is 741. The number of aromatic nitrogens is 1. The summed E-state index contributed by atoms with van der Waals surface area (Å²) >= 11 is 6.54. The second-order valence-corrected chi connectivity index (χ2v) is 7.38. The van der Waals surface area contributed by atoms with E-state index in [1.54, 1.807) is 26.0 Å². The molecule has 1 aromatic heterocycles. The lowest BCUT2D eigenvalue weighted by atomic mass is 9.91. The smallest absolute Gasteiger partial charge is 0.123 e. The molecule has 26 heavy (non-hydrogen) atoms. The summed E-state index contributed by atoms with van der Waals surface area (Å²) in [5.74, 6) is 0.383. The van der Waals surface area contributed by atoms with E-state index in [-0.39, 0.29) is 11.7 Å². The molecule has 0 radical (unpaired) electrons. The van der Waals surface area contributed by atoms with Crippen LogP contribution in [0.3, 0.4) is 0 Å². The van der Waals surface area contributed by atoms with Crippen molar-refractivity contribution in [3.05, 3.63) is 52.4 Å². The number of hydrogen-bond acceptors (Lipinski definition) is 4. The molecule has 1 saturated carbocycles. The number of benzene rings is 1. The number of nitrogens with zero attached hydrogens (tertiary/aromatic N) is 1. The first-order chi connectivity index (χ1) is 12.3. The number of aliphatic hydroxyl groups is 2. The highest BCUT2D eigenvalue weighted by Crippen LogP contribution is 2.44. The molecule has 0 saturated heterocycles. The third-order valence-corrected chi connectivity index (χ3v) is 4.96. The molecule has 1 fully saturated rings. The van der Waals surface area contributed by atoms with Crippen molar-refractivity contribution >= 4 is 11.6 Å². The van der Waals surface area contributed by atoms with Crippen LogP contribution in [0, 0.1) is 11.7 Å². The molecule has 1 atom stereocenters. The summed E-state index contributed by atoms with van der Waals surface area (Å²) in [4.78, 5) is 4.73. The van der Waals surface area contributed by atoms with E-state index in [0.717, 1.165) is 31.2 Å². The van der Waals surface area contributed by atoms with Crippen molar-refractivity contribution in [2.45, 2.75) is 38.2 Å². The fraction of sp³-hybridized carbons (Fsp3) is 0.450. The van der Waals surface area contributed by atoms with Gasteiger partial charge in [-0.1, -0.05) is 11.6 Å². The van der Waals surface area contributed by atoms with E-state index in [2.05, 4.69) is 0 Å². The second kappa shape index (κ2) is 8.44. The number of nitrogens with two attached hydrogens (primary N) is 1. The van der Waals surface area contributed by atoms with Crippen LogP contribution in [0.15, 0.2) is 30.3 Å². The van der Waals surface area contributed by atoms with Gasteiger partial charge in [0.2, 0.25) is 0 Å². The number of halogens is 2. The minimum absolute atomic E-state index is 0.155. The van der Waals surface area contributed by atoms with Gasteiger partial charge < -0.3 is 15.9 Å². The zero-order valence-electron chi connectivity index (χ0n) is 15.3. The number of pyridine rings is 1. The largest absolute Gasteiger partial charge is 0.400 e. The Morgan fingerprint density at radius 2 is 1.85 bits per heavy atom. The molecule has 1 heterocycles. The molecular weight excluding hydrogens is 355 g/mol. The maximum atomic E-state index is 13.2. The molecule has 3 rings (SSSR count). The Morgan fingerprint density at radius 3 is 2.31 bits per heavy atom. The summed E-state index contributed by atoms with van der Waals surface area (Å²) in [6.45, 7) is 3.90. The lowest BCUT2D eigenvalue weighted by Gasteiger charge is -2.24. The van der Waals surface area contributed by atoms with Crippen molar-refractivity contribution in [2.75, 3.05) is 13.7 Å². The molecule has 0 amide bonds. The van der Waals surface area contributed by atoms with Gasteiger partial charge in [-0.15, -0.1) is 0 Å². The molecule has 142 valence electrons. The highest BCUT2D eigenvalue weighted by atomic mass is 35.5. The number of rotatable bonds is 5. The van der Waals surface area contributed by atoms with E-state index >= 15 is 0 Å². The van der Waals surface area contributed by atoms with Crippen molar-refractivity contribution in [3.63, 3.8) is 0 Å². The maximum Gasteiger partial charge on any atom is 0.123 e. The molecule has 0 aliphatic heterocycles.